The number of primary amides is 1. The van der Waals surface area contributed by atoms with Crippen molar-refractivity contribution in [1.82, 2.24) is 10.2 Å². The molecule has 0 radical (unpaired) electrons. The maximum atomic E-state index is 14.3. The van der Waals surface area contributed by atoms with E-state index in [9.17, 15) is 19.2 Å². The van der Waals surface area contributed by atoms with E-state index in [1.165, 1.54) is 4.90 Å². The number of benzene rings is 2. The van der Waals surface area contributed by atoms with Crippen LogP contribution in [0.4, 0.5) is 10.5 Å². The van der Waals surface area contributed by atoms with Crippen LogP contribution in [0, 0.1) is 6.92 Å². The second kappa shape index (κ2) is 17.1. The third-order valence-electron chi connectivity index (χ3n) is 6.86. The molecule has 0 aromatic heterocycles. The van der Waals surface area contributed by atoms with Crippen LogP contribution in [0.3, 0.4) is 0 Å². The number of carbonyl (C=O) groups is 4. The third kappa shape index (κ3) is 11.9. The lowest BCUT2D eigenvalue weighted by atomic mass is 9.99. The van der Waals surface area contributed by atoms with Gasteiger partial charge in [-0.25, -0.2) is 4.79 Å². The predicted molar refractivity (Wildman–Crippen MR) is 171 cm³/mol. The van der Waals surface area contributed by atoms with Crippen LogP contribution in [0.2, 0.25) is 0 Å². The molecule has 9 heteroatoms. The number of alkyl carbamates (subject to hydrolysis) is 1. The predicted octanol–water partition coefficient (Wildman–Crippen LogP) is 6.28. The monoisotopic (exact) mass is 592 g/mol. The highest BCUT2D eigenvalue weighted by atomic mass is 16.6. The van der Waals surface area contributed by atoms with Crippen LogP contribution in [-0.4, -0.2) is 46.9 Å². The number of ether oxygens (including phenoxy) is 1. The lowest BCUT2D eigenvalue weighted by Crippen LogP contribution is -2.53. The Kier molecular flexibility index (Phi) is 13.9. The lowest BCUT2D eigenvalue weighted by Gasteiger charge is -2.34. The van der Waals surface area contributed by atoms with Crippen molar-refractivity contribution in [3.8, 4) is 0 Å². The van der Waals surface area contributed by atoms with Crippen LogP contribution in [0.25, 0.3) is 6.08 Å². The van der Waals surface area contributed by atoms with Gasteiger partial charge < -0.3 is 26.0 Å². The zero-order chi connectivity index (χ0) is 32.0. The molecule has 2 rings (SSSR count). The molecule has 0 aliphatic heterocycles. The molecule has 4 amide bonds. The quantitative estimate of drug-likeness (QED) is 0.198. The van der Waals surface area contributed by atoms with Crippen LogP contribution >= 0.6 is 0 Å². The fraction of sp³-hybridized carbons (Fsp3) is 0.471. The smallest absolute Gasteiger partial charge is 0.408 e. The average Bonchev–Trinajstić information content (AvgIpc) is 2.93. The van der Waals surface area contributed by atoms with Crippen LogP contribution < -0.4 is 16.4 Å². The fourth-order valence-electron chi connectivity index (χ4n) is 4.72. The molecule has 0 saturated carbocycles. The Morgan fingerprint density at radius 1 is 1.00 bits per heavy atom. The van der Waals surface area contributed by atoms with Crippen molar-refractivity contribution < 1.29 is 23.9 Å². The molecule has 2 atom stereocenters. The van der Waals surface area contributed by atoms with Crippen molar-refractivity contribution in [2.45, 2.75) is 97.2 Å². The average molecular weight is 593 g/mol. The van der Waals surface area contributed by atoms with Gasteiger partial charge in [0.15, 0.2) is 0 Å². The summed E-state index contributed by atoms with van der Waals surface area (Å²) in [6.07, 6.45) is 6.12. The normalized spacial score (nSPS) is 12.5. The molecule has 0 fully saturated rings. The van der Waals surface area contributed by atoms with Crippen molar-refractivity contribution in [2.75, 3.05) is 11.9 Å². The summed E-state index contributed by atoms with van der Waals surface area (Å²) in [5.74, 6) is -1.81. The molecular formula is C34H48N4O5. The maximum absolute atomic E-state index is 14.3. The number of rotatable bonds is 16. The highest BCUT2D eigenvalue weighted by Gasteiger charge is 2.37. The first-order valence-electron chi connectivity index (χ1n) is 15.0. The molecule has 9 nitrogen and oxygen atoms in total. The Morgan fingerprint density at radius 2 is 1.67 bits per heavy atom. The Morgan fingerprint density at radius 3 is 2.30 bits per heavy atom. The number of nitrogens with two attached hydrogens (primary N) is 1. The van der Waals surface area contributed by atoms with Crippen molar-refractivity contribution in [3.05, 3.63) is 71.8 Å². The van der Waals surface area contributed by atoms with E-state index in [1.807, 2.05) is 31.2 Å². The molecule has 0 aliphatic carbocycles. The number of unbranched alkanes of at least 4 members (excludes halogenated alkanes) is 5. The Bertz CT molecular complexity index is 1250. The van der Waals surface area contributed by atoms with Crippen molar-refractivity contribution >= 4 is 35.6 Å². The van der Waals surface area contributed by atoms with Crippen molar-refractivity contribution in [3.63, 3.8) is 0 Å². The van der Waals surface area contributed by atoms with Crippen molar-refractivity contribution in [2.24, 2.45) is 5.73 Å². The number of nitrogens with zero attached hydrogens (tertiary/aromatic N) is 1. The Labute approximate surface area is 256 Å². The summed E-state index contributed by atoms with van der Waals surface area (Å²) in [6.45, 7) is 13.2. The van der Waals surface area contributed by atoms with Gasteiger partial charge in [0, 0.05) is 12.2 Å². The number of carbonyl (C=O) groups excluding carboxylic acids is 4. The number of anilines is 1. The molecule has 0 bridgehead atoms. The van der Waals surface area contributed by atoms with Gasteiger partial charge in [-0.3, -0.25) is 14.4 Å². The summed E-state index contributed by atoms with van der Waals surface area (Å²) in [6, 6.07) is 12.2. The zero-order valence-electron chi connectivity index (χ0n) is 26.3. The van der Waals surface area contributed by atoms with Gasteiger partial charge in [0.25, 0.3) is 5.91 Å². The van der Waals surface area contributed by atoms with E-state index >= 15 is 0 Å². The van der Waals surface area contributed by atoms with Gasteiger partial charge >= 0.3 is 6.09 Å². The van der Waals surface area contributed by atoms with Crippen LogP contribution in [0.1, 0.15) is 95.4 Å². The number of amides is 4. The van der Waals surface area contributed by atoms with Gasteiger partial charge in [0.2, 0.25) is 11.8 Å². The second-order valence-electron chi connectivity index (χ2n) is 11.7. The maximum Gasteiger partial charge on any atom is 0.408 e. The highest BCUT2D eigenvalue weighted by molar-refractivity contribution is 6.00. The number of para-hydroxylation sites is 1. The number of nitrogens with one attached hydrogen (secondary N) is 2. The van der Waals surface area contributed by atoms with E-state index in [2.05, 4.69) is 24.1 Å². The Balaban J connectivity index is 2.56. The van der Waals surface area contributed by atoms with Crippen LogP contribution in [0.5, 0.6) is 0 Å². The molecule has 4 N–H and O–H groups in total. The van der Waals surface area contributed by atoms with E-state index in [0.29, 0.717) is 17.7 Å². The topological polar surface area (TPSA) is 131 Å². The van der Waals surface area contributed by atoms with E-state index < -0.39 is 47.9 Å². The lowest BCUT2D eigenvalue weighted by molar-refractivity contribution is -0.142. The minimum Gasteiger partial charge on any atom is -0.444 e. The molecule has 234 valence electrons. The first-order chi connectivity index (χ1) is 20.4. The summed E-state index contributed by atoms with van der Waals surface area (Å²) in [5.41, 5.74) is 7.51. The minimum atomic E-state index is -1.33. The van der Waals surface area contributed by atoms with Gasteiger partial charge in [-0.05, 0) is 62.9 Å². The van der Waals surface area contributed by atoms with Gasteiger partial charge in [-0.15, -0.1) is 0 Å². The van der Waals surface area contributed by atoms with E-state index in [4.69, 9.17) is 10.5 Å². The summed E-state index contributed by atoms with van der Waals surface area (Å²) >= 11 is 0. The number of aryl methyl sites for hydroxylation is 1. The van der Waals surface area contributed by atoms with E-state index in [0.717, 1.165) is 43.2 Å². The van der Waals surface area contributed by atoms with Crippen molar-refractivity contribution in [1.29, 1.82) is 0 Å². The Hall–Kier alpha value is -4.14. The first-order valence-corrected chi connectivity index (χ1v) is 15.0. The molecule has 2 unspecified atom stereocenters. The second-order valence-corrected chi connectivity index (χ2v) is 11.7. The largest absolute Gasteiger partial charge is 0.444 e. The van der Waals surface area contributed by atoms with Crippen LogP contribution in [0.15, 0.2) is 55.1 Å². The molecule has 2 aromatic rings. The molecule has 0 saturated heterocycles. The standard InChI is InChI=1S/C34H48N4O5/c1-7-9-10-11-12-15-21-38(32(41)28(23-29(35)39)37-33(42)43-34(4,5)6)30(26-19-16-18-25(8-2)22-26)31(40)36-27-20-14-13-17-24(27)3/h8,13-14,16-20,22,28,30H,2,7,9-12,15,21,23H2,1,3-6H3,(H2,35,39)(H,36,40)(H,37,42). The summed E-state index contributed by atoms with van der Waals surface area (Å²) < 4.78 is 5.37. The van der Waals surface area contributed by atoms with E-state index in [1.54, 1.807) is 51.1 Å². The van der Waals surface area contributed by atoms with Gasteiger partial charge in [-0.1, -0.05) is 88.1 Å². The van der Waals surface area contributed by atoms with Crippen LogP contribution in [-0.2, 0) is 19.1 Å². The van der Waals surface area contributed by atoms with E-state index in [-0.39, 0.29) is 6.54 Å². The SMILES string of the molecule is C=Cc1cccc(C(C(=O)Nc2ccccc2C)N(CCCCCCCC)C(=O)C(CC(N)=O)NC(=O)OC(C)(C)C)c1. The third-order valence-corrected chi connectivity index (χ3v) is 6.86. The summed E-state index contributed by atoms with van der Waals surface area (Å²) in [5, 5.41) is 5.52. The number of hydrogen-bond donors (Lipinski definition) is 3. The highest BCUT2D eigenvalue weighted by Crippen LogP contribution is 2.27. The minimum absolute atomic E-state index is 0.223. The van der Waals surface area contributed by atoms with Gasteiger partial charge in [0.1, 0.15) is 17.7 Å². The fourth-order valence-corrected chi connectivity index (χ4v) is 4.72. The number of hydrogen-bond acceptors (Lipinski definition) is 5. The molecule has 2 aromatic carbocycles. The molecule has 0 spiro atoms. The first kappa shape index (κ1) is 35.1. The molecule has 43 heavy (non-hydrogen) atoms. The van der Waals surface area contributed by atoms with Gasteiger partial charge in [0.05, 0.1) is 6.42 Å². The summed E-state index contributed by atoms with van der Waals surface area (Å²) in [4.78, 5) is 54.6. The molecule has 0 aliphatic rings. The molecule has 0 heterocycles. The molecular weight excluding hydrogens is 544 g/mol. The van der Waals surface area contributed by atoms with Gasteiger partial charge in [-0.2, -0.15) is 0 Å². The zero-order valence-corrected chi connectivity index (χ0v) is 26.3. The summed E-state index contributed by atoms with van der Waals surface area (Å²) in [7, 11) is 0.